The number of ether oxygens (including phenoxy) is 4. The van der Waals surface area contributed by atoms with E-state index in [-0.39, 0.29) is 31.6 Å². The van der Waals surface area contributed by atoms with E-state index in [1.807, 2.05) is 48.6 Å². The Kier molecular flexibility index (Phi) is 16.3. The first-order valence-corrected chi connectivity index (χ1v) is 23.2. The summed E-state index contributed by atoms with van der Waals surface area (Å²) in [7, 11) is 0. The summed E-state index contributed by atoms with van der Waals surface area (Å²) in [5, 5.41) is 38.5. The molecule has 3 aliphatic heterocycles. The predicted molar refractivity (Wildman–Crippen MR) is 237 cm³/mol. The molecule has 0 aromatic heterocycles. The number of hydroxylamine groups is 2. The molecule has 15 nitrogen and oxygen atoms in total. The average Bonchev–Trinajstić information content (AvgIpc) is 3.80. The second-order valence-electron chi connectivity index (χ2n) is 18.9. The standard InChI is InChI=1S/C49H69N3O12/c1-7-9-15-26-48(27-16-10-8-2)62-40-37-28-49(46(59)51-39(31(3)54)44(57)50-35(30-53)24-25-38(56)61-47(4,5)6)42(45(58)60-37)52(64-43(49)41(40)63-48)29-34-20-12-11-18-32(34)21-17-22-33-19-13-14-23-36(33)55/h11-14,17-21,23,31,35,37,39-43,53-55H,7-10,15-16,22,24-30H2,1-6H3,(H,50,57)(H,51,59)/t31-,35-,37+,39+,40-,41-,42-,43+,49-/m0/s1. The van der Waals surface area contributed by atoms with E-state index in [1.165, 1.54) is 12.0 Å². The molecule has 64 heavy (non-hydrogen) atoms. The van der Waals surface area contributed by atoms with Crippen LogP contribution < -0.4 is 10.6 Å². The lowest BCUT2D eigenvalue weighted by Crippen LogP contribution is -2.71. The number of carbonyl (C=O) groups excluding carboxylic acids is 4. The second-order valence-corrected chi connectivity index (χ2v) is 18.9. The summed E-state index contributed by atoms with van der Waals surface area (Å²) in [5.74, 6) is -3.46. The Morgan fingerprint density at radius 2 is 1.61 bits per heavy atom. The Balaban J connectivity index is 1.31. The second kappa shape index (κ2) is 21.3. The number of hydrogen-bond acceptors (Lipinski definition) is 13. The fraction of sp³-hybridized carbons (Fsp3) is 0.633. The zero-order valence-electron chi connectivity index (χ0n) is 38.3. The quantitative estimate of drug-likeness (QED) is 0.0728. The van der Waals surface area contributed by atoms with Crippen molar-refractivity contribution < 1.29 is 58.3 Å². The number of aliphatic hydroxyl groups excluding tert-OH is 2. The number of aliphatic hydroxyl groups is 2. The molecule has 2 aromatic rings. The van der Waals surface area contributed by atoms with Crippen LogP contribution in [0.25, 0.3) is 6.08 Å². The molecule has 1 aliphatic carbocycles. The van der Waals surface area contributed by atoms with E-state index in [9.17, 15) is 29.7 Å². The molecule has 9 atom stereocenters. The molecule has 2 amide bonds. The predicted octanol–water partition coefficient (Wildman–Crippen LogP) is 5.55. The molecule has 2 aromatic carbocycles. The number of nitrogens with one attached hydrogen (secondary N) is 2. The van der Waals surface area contributed by atoms with Crippen molar-refractivity contribution in [2.75, 3.05) is 6.61 Å². The van der Waals surface area contributed by atoms with Crippen LogP contribution in [0.1, 0.15) is 129 Å². The van der Waals surface area contributed by atoms with Crippen LogP contribution in [0.5, 0.6) is 5.75 Å². The van der Waals surface area contributed by atoms with Gasteiger partial charge in [0.25, 0.3) is 0 Å². The minimum atomic E-state index is -1.65. The number of para-hydroxylation sites is 1. The van der Waals surface area contributed by atoms with Gasteiger partial charge in [-0.05, 0) is 76.1 Å². The van der Waals surface area contributed by atoms with Gasteiger partial charge in [0, 0.05) is 25.7 Å². The molecule has 0 spiro atoms. The molecule has 15 heteroatoms. The largest absolute Gasteiger partial charge is 0.508 e. The highest BCUT2D eigenvalue weighted by molar-refractivity contribution is 5.96. The first-order chi connectivity index (χ1) is 30.5. The van der Waals surface area contributed by atoms with E-state index in [0.717, 1.165) is 55.2 Å². The molecule has 1 saturated carbocycles. The van der Waals surface area contributed by atoms with E-state index in [0.29, 0.717) is 19.3 Å². The number of amides is 2. The smallest absolute Gasteiger partial charge is 0.327 e. The number of allylic oxidation sites excluding steroid dienone is 1. The maximum Gasteiger partial charge on any atom is 0.327 e. The van der Waals surface area contributed by atoms with E-state index in [1.54, 1.807) is 32.9 Å². The van der Waals surface area contributed by atoms with Crippen molar-refractivity contribution in [3.63, 3.8) is 0 Å². The molecule has 4 fully saturated rings. The summed E-state index contributed by atoms with van der Waals surface area (Å²) in [6.45, 7) is 10.4. The molecule has 3 saturated heterocycles. The highest BCUT2D eigenvalue weighted by atomic mass is 16.8. The van der Waals surface area contributed by atoms with E-state index in [2.05, 4.69) is 24.5 Å². The van der Waals surface area contributed by atoms with Crippen LogP contribution in [0.4, 0.5) is 0 Å². The molecule has 6 rings (SSSR count). The number of carbonyl (C=O) groups is 4. The van der Waals surface area contributed by atoms with Gasteiger partial charge >= 0.3 is 11.9 Å². The Bertz CT molecular complexity index is 1960. The summed E-state index contributed by atoms with van der Waals surface area (Å²) >= 11 is 0. The van der Waals surface area contributed by atoms with Gasteiger partial charge in [0.15, 0.2) is 11.8 Å². The van der Waals surface area contributed by atoms with Crippen LogP contribution >= 0.6 is 0 Å². The molecular formula is C49H69N3O12. The first-order valence-electron chi connectivity index (χ1n) is 23.2. The van der Waals surface area contributed by atoms with Crippen molar-refractivity contribution in [1.29, 1.82) is 0 Å². The zero-order chi connectivity index (χ0) is 46.2. The number of rotatable bonds is 22. The number of hydrogen-bond donors (Lipinski definition) is 5. The fourth-order valence-electron chi connectivity index (χ4n) is 9.57. The average molecular weight is 892 g/mol. The minimum Gasteiger partial charge on any atom is -0.508 e. The lowest BCUT2D eigenvalue weighted by molar-refractivity contribution is -0.224. The Morgan fingerprint density at radius 3 is 2.25 bits per heavy atom. The van der Waals surface area contributed by atoms with Crippen LogP contribution in [0, 0.1) is 5.41 Å². The lowest BCUT2D eigenvalue weighted by atomic mass is 9.62. The van der Waals surface area contributed by atoms with Gasteiger partial charge in [-0.25, -0.2) is 0 Å². The number of fused-ring (bicyclic) bond motifs is 4. The van der Waals surface area contributed by atoms with Crippen molar-refractivity contribution in [1.82, 2.24) is 15.7 Å². The molecule has 0 radical (unpaired) electrons. The molecule has 352 valence electrons. The van der Waals surface area contributed by atoms with Crippen LogP contribution in [-0.2, 0) is 55.9 Å². The Hall–Kier alpha value is -4.38. The summed E-state index contributed by atoms with van der Waals surface area (Å²) in [4.78, 5) is 62.9. The molecule has 3 heterocycles. The van der Waals surface area contributed by atoms with Crippen molar-refractivity contribution in [2.24, 2.45) is 5.41 Å². The summed E-state index contributed by atoms with van der Waals surface area (Å²) in [6, 6.07) is 11.1. The van der Waals surface area contributed by atoms with Crippen molar-refractivity contribution in [3.8, 4) is 5.75 Å². The SMILES string of the molecule is CCCCCC1(CCCCC)O[C@@H]2[C@H](O1)[C@H]1ON(Cc3ccccc3C=CCc3ccccc3O)[C@H]3C(=O)O[C@@H]2C[C@@]13C(=O)N[C@@H](C(=O)N[C@H](CO)CCC(=O)OC(C)(C)C)[C@H](C)O. The van der Waals surface area contributed by atoms with Crippen LogP contribution in [0.3, 0.4) is 0 Å². The van der Waals surface area contributed by atoms with Crippen LogP contribution in [-0.4, -0.2) is 111 Å². The fourth-order valence-corrected chi connectivity index (χ4v) is 9.57. The normalized spacial score (nSPS) is 26.2. The van der Waals surface area contributed by atoms with E-state index in [4.69, 9.17) is 23.8 Å². The van der Waals surface area contributed by atoms with Gasteiger partial charge in [-0.1, -0.05) is 94.1 Å². The number of benzene rings is 2. The van der Waals surface area contributed by atoms with Crippen molar-refractivity contribution in [2.45, 2.75) is 185 Å². The summed E-state index contributed by atoms with van der Waals surface area (Å²) in [6.07, 6.45) is 6.31. The van der Waals surface area contributed by atoms with Crippen LogP contribution in [0.2, 0.25) is 0 Å². The summed E-state index contributed by atoms with van der Waals surface area (Å²) in [5.41, 5.74) is 0.0210. The molecule has 4 aliphatic rings. The number of phenolic OH excluding ortho intramolecular Hbond substituents is 1. The van der Waals surface area contributed by atoms with Gasteiger partial charge in [0.05, 0.1) is 25.3 Å². The van der Waals surface area contributed by atoms with Gasteiger partial charge in [0.1, 0.15) is 47.2 Å². The number of esters is 2. The van der Waals surface area contributed by atoms with Crippen LogP contribution in [0.15, 0.2) is 54.6 Å². The van der Waals surface area contributed by atoms with Crippen molar-refractivity contribution >= 4 is 29.8 Å². The van der Waals surface area contributed by atoms with Crippen molar-refractivity contribution in [3.05, 3.63) is 71.3 Å². The third-order valence-corrected chi connectivity index (χ3v) is 12.7. The molecule has 0 unspecified atom stereocenters. The van der Waals surface area contributed by atoms with E-state index < -0.39 is 95.8 Å². The lowest BCUT2D eigenvalue weighted by Gasteiger charge is -2.49. The molecule has 2 bridgehead atoms. The van der Waals surface area contributed by atoms with Gasteiger partial charge < -0.3 is 44.9 Å². The van der Waals surface area contributed by atoms with E-state index >= 15 is 4.79 Å². The monoisotopic (exact) mass is 891 g/mol. The van der Waals surface area contributed by atoms with Gasteiger partial charge in [-0.2, -0.15) is 5.06 Å². The molecule has 5 N–H and O–H groups in total. The Labute approximate surface area is 377 Å². The third kappa shape index (κ3) is 11.2. The number of nitrogens with zero attached hydrogens (tertiary/aromatic N) is 1. The van der Waals surface area contributed by atoms with Gasteiger partial charge in [-0.15, -0.1) is 0 Å². The summed E-state index contributed by atoms with van der Waals surface area (Å²) < 4.78 is 25.5. The first kappa shape index (κ1) is 49.1. The maximum atomic E-state index is 15.2. The number of phenols is 1. The van der Waals surface area contributed by atoms with Gasteiger partial charge in [0.2, 0.25) is 11.8 Å². The topological polar surface area (TPSA) is 202 Å². The zero-order valence-corrected chi connectivity index (χ0v) is 38.3. The maximum absolute atomic E-state index is 15.2. The Morgan fingerprint density at radius 1 is 0.953 bits per heavy atom. The number of aromatic hydroxyl groups is 1. The van der Waals surface area contributed by atoms with Gasteiger partial charge in [-0.3, -0.25) is 24.0 Å². The highest BCUT2D eigenvalue weighted by Gasteiger charge is 2.76. The highest BCUT2D eigenvalue weighted by Crippen LogP contribution is 2.58. The third-order valence-electron chi connectivity index (χ3n) is 12.7. The minimum absolute atomic E-state index is 0.00630. The molecular weight excluding hydrogens is 823 g/mol. The number of unbranched alkanes of at least 4 members (excludes halogenated alkanes) is 4.